The van der Waals surface area contributed by atoms with E-state index in [0.717, 1.165) is 43.8 Å². The van der Waals surface area contributed by atoms with Crippen molar-refractivity contribution in [1.82, 2.24) is 4.98 Å². The van der Waals surface area contributed by atoms with Crippen molar-refractivity contribution in [3.63, 3.8) is 0 Å². The summed E-state index contributed by atoms with van der Waals surface area (Å²) in [6, 6.07) is 23.1. The minimum Gasteiger partial charge on any atom is -0.341 e. The van der Waals surface area contributed by atoms with Gasteiger partial charge in [-0.05, 0) is 61.8 Å². The molecular formula is C28H27BrN2. The van der Waals surface area contributed by atoms with Crippen LogP contribution in [0.1, 0.15) is 43.2 Å². The van der Waals surface area contributed by atoms with Gasteiger partial charge in [0, 0.05) is 23.0 Å². The molecule has 0 aliphatic carbocycles. The van der Waals surface area contributed by atoms with Gasteiger partial charge in [-0.25, -0.2) is 4.98 Å². The van der Waals surface area contributed by atoms with E-state index < -0.39 is 0 Å². The summed E-state index contributed by atoms with van der Waals surface area (Å²) in [6.45, 7) is 16.2. The maximum atomic E-state index is 4.62. The number of para-hydroxylation sites is 1. The lowest BCUT2D eigenvalue weighted by molar-refractivity contribution is 0.590. The minimum absolute atomic E-state index is 0.125. The number of hydrogen-bond donors (Lipinski definition) is 0. The van der Waals surface area contributed by atoms with Crippen LogP contribution in [-0.4, -0.2) is 4.98 Å². The number of benzene rings is 2. The minimum atomic E-state index is 0.125. The summed E-state index contributed by atoms with van der Waals surface area (Å²) < 4.78 is 0.840. The Morgan fingerprint density at radius 3 is 2.35 bits per heavy atom. The van der Waals surface area contributed by atoms with Crippen LogP contribution >= 0.6 is 15.9 Å². The number of nitrogens with zero attached hydrogens (tertiary/aromatic N) is 2. The van der Waals surface area contributed by atoms with Gasteiger partial charge in [-0.3, -0.25) is 0 Å². The summed E-state index contributed by atoms with van der Waals surface area (Å²) in [5.74, 6) is 0. The van der Waals surface area contributed by atoms with E-state index in [1.807, 2.05) is 18.2 Å². The number of halogens is 1. The van der Waals surface area contributed by atoms with Crippen molar-refractivity contribution in [3.05, 3.63) is 119 Å². The third-order valence-electron chi connectivity index (χ3n) is 5.68. The van der Waals surface area contributed by atoms with E-state index in [9.17, 15) is 0 Å². The average Bonchev–Trinajstić information content (AvgIpc) is 2.75. The van der Waals surface area contributed by atoms with Crippen LogP contribution in [0, 0.1) is 0 Å². The van der Waals surface area contributed by atoms with E-state index in [0.29, 0.717) is 6.54 Å². The Morgan fingerprint density at radius 2 is 1.68 bits per heavy atom. The fraction of sp³-hybridized carbons (Fsp3) is 0.179. The number of fused-ring (bicyclic) bond motifs is 1. The van der Waals surface area contributed by atoms with Crippen molar-refractivity contribution in [1.29, 1.82) is 0 Å². The summed E-state index contributed by atoms with van der Waals surface area (Å²) >= 11 is 3.48. The highest BCUT2D eigenvalue weighted by atomic mass is 79.9. The monoisotopic (exact) mass is 470 g/mol. The highest BCUT2D eigenvalue weighted by molar-refractivity contribution is 9.10. The summed E-state index contributed by atoms with van der Waals surface area (Å²) in [5, 5.41) is 0. The molecule has 0 bridgehead atoms. The average molecular weight is 471 g/mol. The van der Waals surface area contributed by atoms with Crippen LogP contribution in [0.3, 0.4) is 0 Å². The van der Waals surface area contributed by atoms with Gasteiger partial charge in [0.25, 0.3) is 0 Å². The molecule has 0 spiro atoms. The van der Waals surface area contributed by atoms with Gasteiger partial charge < -0.3 is 4.90 Å². The van der Waals surface area contributed by atoms with Crippen molar-refractivity contribution < 1.29 is 0 Å². The SMILES string of the molecule is C=C(C1=CN(Cc2cccc(Br)n2)c2ccccc2C1=C)c1ccc(C(C)(C)C)cc1. The van der Waals surface area contributed by atoms with Crippen LogP contribution in [0.4, 0.5) is 5.69 Å². The number of hydrogen-bond acceptors (Lipinski definition) is 2. The van der Waals surface area contributed by atoms with E-state index in [2.05, 4.69) is 114 Å². The van der Waals surface area contributed by atoms with Gasteiger partial charge in [-0.2, -0.15) is 0 Å². The van der Waals surface area contributed by atoms with Crippen molar-refractivity contribution in [2.75, 3.05) is 4.90 Å². The molecule has 3 heteroatoms. The van der Waals surface area contributed by atoms with E-state index in [4.69, 9.17) is 0 Å². The van der Waals surface area contributed by atoms with E-state index in [1.54, 1.807) is 0 Å². The quantitative estimate of drug-likeness (QED) is 0.361. The van der Waals surface area contributed by atoms with Crippen molar-refractivity contribution in [3.8, 4) is 0 Å². The van der Waals surface area contributed by atoms with E-state index in [-0.39, 0.29) is 5.41 Å². The molecule has 3 aromatic rings. The van der Waals surface area contributed by atoms with Gasteiger partial charge in [-0.1, -0.05) is 82.5 Å². The lowest BCUT2D eigenvalue weighted by atomic mass is 9.84. The van der Waals surface area contributed by atoms with Crippen LogP contribution in [0.25, 0.3) is 11.1 Å². The van der Waals surface area contributed by atoms with Crippen LogP contribution in [0.5, 0.6) is 0 Å². The maximum Gasteiger partial charge on any atom is 0.106 e. The van der Waals surface area contributed by atoms with Gasteiger partial charge in [0.1, 0.15) is 4.60 Å². The number of pyridine rings is 1. The summed E-state index contributed by atoms with van der Waals surface area (Å²) in [5.41, 5.74) is 8.83. The van der Waals surface area contributed by atoms with Crippen LogP contribution < -0.4 is 4.90 Å². The zero-order valence-electron chi connectivity index (χ0n) is 18.3. The molecule has 0 unspecified atom stereocenters. The van der Waals surface area contributed by atoms with Gasteiger partial charge in [0.2, 0.25) is 0 Å². The van der Waals surface area contributed by atoms with Crippen molar-refractivity contribution in [2.24, 2.45) is 0 Å². The number of rotatable bonds is 4. The second-order valence-corrected chi connectivity index (χ2v) is 9.74. The van der Waals surface area contributed by atoms with Crippen molar-refractivity contribution >= 4 is 32.8 Å². The van der Waals surface area contributed by atoms with Crippen molar-refractivity contribution in [2.45, 2.75) is 32.7 Å². The highest BCUT2D eigenvalue weighted by Gasteiger charge is 2.23. The predicted octanol–water partition coefficient (Wildman–Crippen LogP) is 7.77. The first-order chi connectivity index (χ1) is 14.7. The first-order valence-electron chi connectivity index (χ1n) is 10.4. The lowest BCUT2D eigenvalue weighted by Crippen LogP contribution is -2.22. The molecule has 0 fully saturated rings. The number of aromatic nitrogens is 1. The molecule has 2 heterocycles. The van der Waals surface area contributed by atoms with Crippen LogP contribution in [0.15, 0.2) is 96.3 Å². The fourth-order valence-electron chi connectivity index (χ4n) is 3.86. The molecule has 0 N–H and O–H groups in total. The number of anilines is 1. The van der Waals surface area contributed by atoms with Gasteiger partial charge in [0.05, 0.1) is 12.2 Å². The third kappa shape index (κ3) is 4.42. The smallest absolute Gasteiger partial charge is 0.106 e. The lowest BCUT2D eigenvalue weighted by Gasteiger charge is -2.31. The zero-order valence-corrected chi connectivity index (χ0v) is 19.9. The van der Waals surface area contributed by atoms with Crippen LogP contribution in [0.2, 0.25) is 0 Å². The summed E-state index contributed by atoms with van der Waals surface area (Å²) in [6.07, 6.45) is 2.16. The molecule has 2 aromatic carbocycles. The Kier molecular flexibility index (Phi) is 5.72. The van der Waals surface area contributed by atoms with Gasteiger partial charge in [0.15, 0.2) is 0 Å². The Morgan fingerprint density at radius 1 is 0.968 bits per heavy atom. The molecule has 1 aliphatic heterocycles. The van der Waals surface area contributed by atoms with Gasteiger partial charge in [-0.15, -0.1) is 0 Å². The van der Waals surface area contributed by atoms with E-state index in [1.165, 1.54) is 5.56 Å². The topological polar surface area (TPSA) is 16.1 Å². The second-order valence-electron chi connectivity index (χ2n) is 8.92. The molecule has 156 valence electrons. The molecule has 4 rings (SSSR count). The molecule has 0 atom stereocenters. The van der Waals surface area contributed by atoms with E-state index >= 15 is 0 Å². The molecule has 2 nitrogen and oxygen atoms in total. The normalized spacial score (nSPS) is 13.6. The molecular weight excluding hydrogens is 444 g/mol. The van der Waals surface area contributed by atoms with Crippen LogP contribution in [-0.2, 0) is 12.0 Å². The molecule has 0 radical (unpaired) electrons. The Balaban J connectivity index is 1.71. The summed E-state index contributed by atoms with van der Waals surface area (Å²) in [7, 11) is 0. The zero-order chi connectivity index (χ0) is 22.2. The molecule has 1 aromatic heterocycles. The fourth-order valence-corrected chi connectivity index (χ4v) is 4.24. The second kappa shape index (κ2) is 8.32. The molecule has 0 amide bonds. The molecule has 1 aliphatic rings. The number of allylic oxidation sites excluding steroid dienone is 3. The third-order valence-corrected chi connectivity index (χ3v) is 6.12. The Labute approximate surface area is 193 Å². The first kappa shape index (κ1) is 21.3. The summed E-state index contributed by atoms with van der Waals surface area (Å²) in [4.78, 5) is 6.86. The Hall–Kier alpha value is -2.91. The molecule has 0 saturated carbocycles. The van der Waals surface area contributed by atoms with Gasteiger partial charge >= 0.3 is 0 Å². The highest BCUT2D eigenvalue weighted by Crippen LogP contribution is 2.41. The standard InChI is InChI=1S/C28H27BrN2/c1-19(21-13-15-22(16-14-21)28(3,4)5)25-18-31(17-23-9-8-12-27(29)30-23)26-11-7-6-10-24(26)20(25)2/h6-16,18H,1-2,17H2,3-5H3. The Bertz CT molecular complexity index is 1180. The molecule has 0 saturated heterocycles. The first-order valence-corrected chi connectivity index (χ1v) is 11.2. The predicted molar refractivity (Wildman–Crippen MR) is 136 cm³/mol. The maximum absolute atomic E-state index is 4.62. The molecule has 31 heavy (non-hydrogen) atoms. The largest absolute Gasteiger partial charge is 0.341 e.